The van der Waals surface area contributed by atoms with Gasteiger partial charge in [0.15, 0.2) is 11.5 Å². The maximum atomic E-state index is 13.0. The van der Waals surface area contributed by atoms with Crippen molar-refractivity contribution in [2.45, 2.75) is 44.4 Å². The third kappa shape index (κ3) is 7.40. The molecule has 0 unspecified atom stereocenters. The normalized spacial score (nSPS) is 17.1. The zero-order chi connectivity index (χ0) is 30.6. The quantitative estimate of drug-likeness (QED) is 0.192. The van der Waals surface area contributed by atoms with Crippen LogP contribution in [0.2, 0.25) is 5.02 Å². The lowest BCUT2D eigenvalue weighted by Crippen LogP contribution is -2.31. The van der Waals surface area contributed by atoms with E-state index in [1.807, 2.05) is 55.4 Å². The molecule has 1 saturated carbocycles. The van der Waals surface area contributed by atoms with Crippen molar-refractivity contribution < 1.29 is 22.6 Å². The Morgan fingerprint density at radius 3 is 2.49 bits per heavy atom. The minimum Gasteiger partial charge on any atom is -0.493 e. The molecule has 1 aliphatic carbocycles. The number of aromatic nitrogens is 3. The van der Waals surface area contributed by atoms with Crippen LogP contribution < -0.4 is 25.0 Å². The van der Waals surface area contributed by atoms with Gasteiger partial charge in [-0.2, -0.15) is 18.2 Å². The van der Waals surface area contributed by atoms with Gasteiger partial charge < -0.3 is 25.0 Å². The van der Waals surface area contributed by atoms with E-state index >= 15 is 0 Å². The number of anilines is 2. The summed E-state index contributed by atoms with van der Waals surface area (Å²) in [6.45, 7) is 1.28. The highest BCUT2D eigenvalue weighted by atomic mass is 35.5. The van der Waals surface area contributed by atoms with Gasteiger partial charge in [-0.25, -0.2) is 9.97 Å². The summed E-state index contributed by atoms with van der Waals surface area (Å²) < 4.78 is 50.5. The Kier molecular flexibility index (Phi) is 9.41. The highest BCUT2D eigenvalue weighted by molar-refractivity contribution is 6.31. The molecule has 8 nitrogen and oxygen atoms in total. The second-order valence-electron chi connectivity index (χ2n) is 10.8. The number of para-hydroxylation sites is 2. The number of benzene rings is 2. The van der Waals surface area contributed by atoms with Crippen LogP contribution in [0.4, 0.5) is 24.9 Å². The van der Waals surface area contributed by atoms with Gasteiger partial charge in [0, 0.05) is 43.8 Å². The molecule has 2 aromatic heterocycles. The molecule has 12 heteroatoms. The zero-order valence-corrected chi connectivity index (χ0v) is 25.0. The molecule has 4 aromatic rings. The van der Waals surface area contributed by atoms with E-state index in [-0.39, 0.29) is 10.9 Å². The summed E-state index contributed by atoms with van der Waals surface area (Å²) in [6, 6.07) is 14.5. The lowest BCUT2D eigenvalue weighted by Gasteiger charge is -2.29. The highest BCUT2D eigenvalue weighted by Crippen LogP contribution is 2.39. The molecule has 5 rings (SSSR count). The summed E-state index contributed by atoms with van der Waals surface area (Å²) in [5.74, 6) is 2.69. The van der Waals surface area contributed by atoms with Crippen LogP contribution in [0.15, 0.2) is 54.7 Å². The fraction of sp³-hybridized carbons (Fsp3) is 0.387. The molecule has 0 amide bonds. The number of hydrogen-bond donors (Lipinski definition) is 2. The van der Waals surface area contributed by atoms with Gasteiger partial charge in [-0.3, -0.25) is 0 Å². The number of hydrogen-bond acceptors (Lipinski definition) is 8. The number of fused-ring (bicyclic) bond motifs is 1. The Hall–Kier alpha value is -3.83. The summed E-state index contributed by atoms with van der Waals surface area (Å²) in [6.07, 6.45) is 0.254. The third-order valence-electron chi connectivity index (χ3n) is 7.55. The number of methoxy groups -OCH3 is 1. The SMILES string of the molecule is COc1cccc(CNC[C@H]2CC[C@@H](Nc3nc(N(C)C)c4ccccc4n3)CC2)c1Oc1ncc(C(F)(F)F)cc1Cl. The van der Waals surface area contributed by atoms with E-state index in [0.717, 1.165) is 60.6 Å². The van der Waals surface area contributed by atoms with Crippen LogP contribution in [0.3, 0.4) is 0 Å². The van der Waals surface area contributed by atoms with Gasteiger partial charge in [-0.15, -0.1) is 0 Å². The van der Waals surface area contributed by atoms with Crippen LogP contribution in [-0.4, -0.2) is 48.7 Å². The highest BCUT2D eigenvalue weighted by Gasteiger charge is 2.32. The average Bonchev–Trinajstić information content (AvgIpc) is 2.98. The molecule has 0 radical (unpaired) electrons. The van der Waals surface area contributed by atoms with Gasteiger partial charge >= 0.3 is 6.18 Å². The second-order valence-corrected chi connectivity index (χ2v) is 11.2. The fourth-order valence-electron chi connectivity index (χ4n) is 5.30. The van der Waals surface area contributed by atoms with Gasteiger partial charge in [0.25, 0.3) is 0 Å². The van der Waals surface area contributed by atoms with Crippen molar-refractivity contribution in [3.05, 3.63) is 70.9 Å². The molecule has 0 spiro atoms. The van der Waals surface area contributed by atoms with Crippen molar-refractivity contribution in [1.82, 2.24) is 20.3 Å². The van der Waals surface area contributed by atoms with Crippen molar-refractivity contribution in [3.8, 4) is 17.4 Å². The van der Waals surface area contributed by atoms with Crippen LogP contribution in [-0.2, 0) is 12.7 Å². The van der Waals surface area contributed by atoms with E-state index in [4.69, 9.17) is 31.0 Å². The molecule has 228 valence electrons. The average molecular weight is 615 g/mol. The van der Waals surface area contributed by atoms with Gasteiger partial charge in [-0.1, -0.05) is 35.9 Å². The minimum atomic E-state index is -4.55. The summed E-state index contributed by atoms with van der Waals surface area (Å²) >= 11 is 6.09. The third-order valence-corrected chi connectivity index (χ3v) is 7.82. The number of rotatable bonds is 10. The Balaban J connectivity index is 1.17. The molecule has 2 N–H and O–H groups in total. The number of ether oxygens (including phenoxy) is 2. The number of halogens is 4. The molecule has 0 saturated heterocycles. The molecule has 0 aliphatic heterocycles. The van der Waals surface area contributed by atoms with Crippen molar-refractivity contribution in [3.63, 3.8) is 0 Å². The Morgan fingerprint density at radius 1 is 1.02 bits per heavy atom. The first-order chi connectivity index (χ1) is 20.6. The molecule has 43 heavy (non-hydrogen) atoms. The van der Waals surface area contributed by atoms with Crippen LogP contribution in [0.1, 0.15) is 36.8 Å². The summed E-state index contributed by atoms with van der Waals surface area (Å²) in [7, 11) is 5.47. The predicted octanol–water partition coefficient (Wildman–Crippen LogP) is 7.32. The predicted molar refractivity (Wildman–Crippen MR) is 162 cm³/mol. The van der Waals surface area contributed by atoms with E-state index < -0.39 is 11.7 Å². The molecular weight excluding hydrogens is 581 g/mol. The smallest absolute Gasteiger partial charge is 0.417 e. The fourth-order valence-corrected chi connectivity index (χ4v) is 5.50. The molecule has 2 heterocycles. The largest absolute Gasteiger partial charge is 0.493 e. The van der Waals surface area contributed by atoms with E-state index in [9.17, 15) is 13.2 Å². The Bertz CT molecular complexity index is 1560. The van der Waals surface area contributed by atoms with Gasteiger partial charge in [0.05, 0.1) is 18.2 Å². The maximum Gasteiger partial charge on any atom is 0.417 e. The molecule has 1 aliphatic rings. The van der Waals surface area contributed by atoms with Crippen LogP contribution >= 0.6 is 11.6 Å². The van der Waals surface area contributed by atoms with E-state index in [1.54, 1.807) is 6.07 Å². The van der Waals surface area contributed by atoms with Crippen LogP contribution in [0.25, 0.3) is 10.9 Å². The first-order valence-electron chi connectivity index (χ1n) is 14.1. The van der Waals surface area contributed by atoms with E-state index in [2.05, 4.69) is 15.6 Å². The zero-order valence-electron chi connectivity index (χ0n) is 24.2. The topological polar surface area (TPSA) is 84.4 Å². The standard InChI is InChI=1S/C31H34ClF3N6O2/c1-41(2)28-23-8-4-5-9-25(23)39-30(40-28)38-22-13-11-19(12-14-22)16-36-17-20-7-6-10-26(42-3)27(20)43-29-24(32)15-21(18-37-29)31(33,34)35/h4-10,15,18-19,22,36H,11-14,16-17H2,1-3H3,(H,38,39,40)/t19-,22+. The number of alkyl halides is 3. The molecule has 0 atom stereocenters. The van der Waals surface area contributed by atoms with E-state index in [0.29, 0.717) is 42.1 Å². The monoisotopic (exact) mass is 614 g/mol. The van der Waals surface area contributed by atoms with Crippen molar-refractivity contribution in [2.24, 2.45) is 5.92 Å². The number of nitrogens with zero attached hydrogens (tertiary/aromatic N) is 4. The first kappa shape index (κ1) is 30.6. The molecule has 0 bridgehead atoms. The van der Waals surface area contributed by atoms with Crippen LogP contribution in [0.5, 0.6) is 17.4 Å². The lowest BCUT2D eigenvalue weighted by atomic mass is 9.86. The van der Waals surface area contributed by atoms with Gasteiger partial charge in [0.1, 0.15) is 10.8 Å². The molecule has 1 fully saturated rings. The Labute approximate surface area is 253 Å². The molecule has 2 aromatic carbocycles. The first-order valence-corrected chi connectivity index (χ1v) is 14.5. The van der Waals surface area contributed by atoms with Crippen molar-refractivity contribution in [2.75, 3.05) is 38.0 Å². The second kappa shape index (κ2) is 13.2. The Morgan fingerprint density at radius 2 is 1.79 bits per heavy atom. The van der Waals surface area contributed by atoms with Crippen molar-refractivity contribution >= 4 is 34.3 Å². The van der Waals surface area contributed by atoms with Gasteiger partial charge in [0.2, 0.25) is 11.8 Å². The van der Waals surface area contributed by atoms with Crippen molar-refractivity contribution in [1.29, 1.82) is 0 Å². The summed E-state index contributed by atoms with van der Waals surface area (Å²) in [5, 5.41) is 7.85. The summed E-state index contributed by atoms with van der Waals surface area (Å²) in [4.78, 5) is 15.3. The van der Waals surface area contributed by atoms with Gasteiger partial charge in [-0.05, 0) is 62.4 Å². The van der Waals surface area contributed by atoms with E-state index in [1.165, 1.54) is 7.11 Å². The summed E-state index contributed by atoms with van der Waals surface area (Å²) in [5.41, 5.74) is 0.747. The lowest BCUT2D eigenvalue weighted by molar-refractivity contribution is -0.137. The molecular formula is C31H34ClF3N6O2. The number of nitrogens with one attached hydrogen (secondary N) is 2. The number of pyridine rings is 1. The van der Waals surface area contributed by atoms with Crippen LogP contribution in [0, 0.1) is 5.92 Å². The maximum absolute atomic E-state index is 13.0. The minimum absolute atomic E-state index is 0.126.